The summed E-state index contributed by atoms with van der Waals surface area (Å²) < 4.78 is 0. The van der Waals surface area contributed by atoms with Crippen LogP contribution >= 0.6 is 0 Å². The lowest BCUT2D eigenvalue weighted by Crippen LogP contribution is -2.05. The molecule has 1 aromatic heterocycles. The van der Waals surface area contributed by atoms with E-state index in [4.69, 9.17) is 0 Å². The molecule has 0 bridgehead atoms. The van der Waals surface area contributed by atoms with Gasteiger partial charge in [-0.05, 0) is 44.5 Å². The van der Waals surface area contributed by atoms with Crippen LogP contribution in [0.4, 0.5) is 17.3 Å². The van der Waals surface area contributed by atoms with Crippen molar-refractivity contribution in [2.24, 2.45) is 0 Å². The second kappa shape index (κ2) is 6.83. The Morgan fingerprint density at radius 3 is 2.43 bits per heavy atom. The molecule has 0 radical (unpaired) electrons. The molecule has 0 atom stereocenters. The number of ketones is 1. The summed E-state index contributed by atoms with van der Waals surface area (Å²) in [7, 11) is 0. The minimum absolute atomic E-state index is 0.0606. The van der Waals surface area contributed by atoms with Gasteiger partial charge in [0.25, 0.3) is 0 Å². The van der Waals surface area contributed by atoms with Gasteiger partial charge < -0.3 is 10.6 Å². The molecule has 0 amide bonds. The number of hydrogen-bond donors (Lipinski definition) is 2. The standard InChI is InChI=1S/C16H20N4O/c1-4-9-17-15-10-16(19-12(3)18-15)20-14-7-5-13(6-8-14)11(2)21/h5-8,10H,4,9H2,1-3H3,(H2,17,18,19,20). The third kappa shape index (κ3) is 4.27. The van der Waals surface area contributed by atoms with Crippen LogP contribution in [-0.4, -0.2) is 22.3 Å². The molecule has 1 aromatic carbocycles. The first-order valence-electron chi connectivity index (χ1n) is 7.06. The number of Topliss-reactive ketones (excluding diaryl/α,β-unsaturated/α-hetero) is 1. The van der Waals surface area contributed by atoms with Crippen LogP contribution in [0.3, 0.4) is 0 Å². The Hall–Kier alpha value is -2.43. The van der Waals surface area contributed by atoms with Crippen molar-refractivity contribution in [3.8, 4) is 0 Å². The number of anilines is 3. The van der Waals surface area contributed by atoms with Crippen molar-refractivity contribution >= 4 is 23.1 Å². The summed E-state index contributed by atoms with van der Waals surface area (Å²) in [5.41, 5.74) is 1.59. The van der Waals surface area contributed by atoms with Crippen molar-refractivity contribution in [3.05, 3.63) is 41.7 Å². The summed E-state index contributed by atoms with van der Waals surface area (Å²) in [6, 6.07) is 9.21. The van der Waals surface area contributed by atoms with Crippen LogP contribution in [-0.2, 0) is 0 Å². The highest BCUT2D eigenvalue weighted by Gasteiger charge is 2.03. The lowest BCUT2D eigenvalue weighted by molar-refractivity contribution is 0.101. The molecule has 5 heteroatoms. The predicted molar refractivity (Wildman–Crippen MR) is 85.3 cm³/mol. The van der Waals surface area contributed by atoms with Crippen molar-refractivity contribution < 1.29 is 4.79 Å². The molecule has 5 nitrogen and oxygen atoms in total. The van der Waals surface area contributed by atoms with Crippen LogP contribution in [0.5, 0.6) is 0 Å². The van der Waals surface area contributed by atoms with Crippen molar-refractivity contribution in [3.63, 3.8) is 0 Å². The monoisotopic (exact) mass is 284 g/mol. The molecule has 0 spiro atoms. The lowest BCUT2D eigenvalue weighted by atomic mass is 10.1. The van der Waals surface area contributed by atoms with E-state index in [1.165, 1.54) is 0 Å². The second-order valence-electron chi connectivity index (χ2n) is 4.87. The van der Waals surface area contributed by atoms with Crippen molar-refractivity contribution in [1.29, 1.82) is 0 Å². The third-order valence-electron chi connectivity index (χ3n) is 2.96. The Morgan fingerprint density at radius 2 is 1.81 bits per heavy atom. The number of nitrogens with one attached hydrogen (secondary N) is 2. The highest BCUT2D eigenvalue weighted by molar-refractivity contribution is 5.94. The van der Waals surface area contributed by atoms with Crippen LogP contribution in [0.1, 0.15) is 36.5 Å². The summed E-state index contributed by atoms with van der Waals surface area (Å²) in [4.78, 5) is 20.0. The average molecular weight is 284 g/mol. The number of aryl methyl sites for hydroxylation is 1. The Labute approximate surface area is 124 Å². The summed E-state index contributed by atoms with van der Waals surface area (Å²) in [5.74, 6) is 2.31. The molecular formula is C16H20N4O. The number of carbonyl (C=O) groups is 1. The van der Waals surface area contributed by atoms with Gasteiger partial charge in [-0.2, -0.15) is 0 Å². The molecule has 2 aromatic rings. The molecule has 21 heavy (non-hydrogen) atoms. The SMILES string of the molecule is CCCNc1cc(Nc2ccc(C(C)=O)cc2)nc(C)n1. The fourth-order valence-electron chi connectivity index (χ4n) is 1.91. The normalized spacial score (nSPS) is 10.2. The van der Waals surface area contributed by atoms with E-state index in [2.05, 4.69) is 27.5 Å². The second-order valence-corrected chi connectivity index (χ2v) is 4.87. The Bertz CT molecular complexity index is 623. The maximum absolute atomic E-state index is 11.3. The third-order valence-corrected chi connectivity index (χ3v) is 2.96. The summed E-state index contributed by atoms with van der Waals surface area (Å²) >= 11 is 0. The van der Waals surface area contributed by atoms with Gasteiger partial charge in [-0.15, -0.1) is 0 Å². The first kappa shape index (κ1) is 15.0. The maximum Gasteiger partial charge on any atom is 0.159 e. The average Bonchev–Trinajstić information content (AvgIpc) is 2.45. The Morgan fingerprint density at radius 1 is 1.14 bits per heavy atom. The summed E-state index contributed by atoms with van der Waals surface area (Å²) in [6.07, 6.45) is 1.04. The molecule has 2 rings (SSSR count). The van der Waals surface area contributed by atoms with E-state index >= 15 is 0 Å². The highest BCUT2D eigenvalue weighted by atomic mass is 16.1. The fraction of sp³-hybridized carbons (Fsp3) is 0.312. The Kier molecular flexibility index (Phi) is 4.87. The van der Waals surface area contributed by atoms with E-state index in [0.717, 1.165) is 30.3 Å². The van der Waals surface area contributed by atoms with E-state index in [9.17, 15) is 4.79 Å². The van der Waals surface area contributed by atoms with Gasteiger partial charge in [-0.1, -0.05) is 6.92 Å². The van der Waals surface area contributed by atoms with E-state index < -0.39 is 0 Å². The number of aromatic nitrogens is 2. The molecule has 1 heterocycles. The largest absolute Gasteiger partial charge is 0.370 e. The minimum Gasteiger partial charge on any atom is -0.370 e. The molecule has 0 unspecified atom stereocenters. The molecule has 2 N–H and O–H groups in total. The van der Waals surface area contributed by atoms with Gasteiger partial charge in [0, 0.05) is 23.9 Å². The van der Waals surface area contributed by atoms with Gasteiger partial charge in [0.1, 0.15) is 17.5 Å². The van der Waals surface area contributed by atoms with Gasteiger partial charge in [0.05, 0.1) is 0 Å². The predicted octanol–water partition coefficient (Wildman–Crippen LogP) is 3.55. The van der Waals surface area contributed by atoms with Crippen LogP contribution < -0.4 is 10.6 Å². The molecular weight excluding hydrogens is 264 g/mol. The topological polar surface area (TPSA) is 66.9 Å². The van der Waals surface area contributed by atoms with Crippen molar-refractivity contribution in [1.82, 2.24) is 9.97 Å². The molecule has 0 aliphatic rings. The zero-order valence-electron chi connectivity index (χ0n) is 12.6. The number of benzene rings is 1. The van der Waals surface area contributed by atoms with Gasteiger partial charge in [0.2, 0.25) is 0 Å². The molecule has 0 aliphatic carbocycles. The lowest BCUT2D eigenvalue weighted by Gasteiger charge is -2.10. The zero-order chi connectivity index (χ0) is 15.2. The molecule has 110 valence electrons. The summed E-state index contributed by atoms with van der Waals surface area (Å²) in [6.45, 7) is 6.41. The van der Waals surface area contributed by atoms with E-state index in [0.29, 0.717) is 11.4 Å². The van der Waals surface area contributed by atoms with Crippen molar-refractivity contribution in [2.45, 2.75) is 27.2 Å². The summed E-state index contributed by atoms with van der Waals surface area (Å²) in [5, 5.41) is 6.47. The van der Waals surface area contributed by atoms with E-state index in [1.807, 2.05) is 25.1 Å². The number of rotatable bonds is 6. The molecule has 0 saturated heterocycles. The smallest absolute Gasteiger partial charge is 0.159 e. The van der Waals surface area contributed by atoms with Gasteiger partial charge in [-0.3, -0.25) is 4.79 Å². The van der Waals surface area contributed by atoms with E-state index in [-0.39, 0.29) is 5.78 Å². The highest BCUT2D eigenvalue weighted by Crippen LogP contribution is 2.18. The van der Waals surface area contributed by atoms with Crippen molar-refractivity contribution in [2.75, 3.05) is 17.2 Å². The molecule has 0 aliphatic heterocycles. The quantitative estimate of drug-likeness (QED) is 0.794. The molecule has 0 fully saturated rings. The van der Waals surface area contributed by atoms with Crippen LogP contribution in [0.15, 0.2) is 30.3 Å². The van der Waals surface area contributed by atoms with E-state index in [1.54, 1.807) is 19.1 Å². The number of carbonyl (C=O) groups excluding carboxylic acids is 1. The fourth-order valence-corrected chi connectivity index (χ4v) is 1.91. The van der Waals surface area contributed by atoms with Crippen LogP contribution in [0, 0.1) is 6.92 Å². The first-order valence-corrected chi connectivity index (χ1v) is 7.06. The minimum atomic E-state index is 0.0606. The zero-order valence-corrected chi connectivity index (χ0v) is 12.6. The van der Waals surface area contributed by atoms with Crippen LogP contribution in [0.2, 0.25) is 0 Å². The molecule has 0 saturated carbocycles. The van der Waals surface area contributed by atoms with Gasteiger partial charge >= 0.3 is 0 Å². The number of hydrogen-bond acceptors (Lipinski definition) is 5. The Balaban J connectivity index is 2.14. The van der Waals surface area contributed by atoms with Crippen LogP contribution in [0.25, 0.3) is 0 Å². The number of nitrogens with zero attached hydrogens (tertiary/aromatic N) is 2. The van der Waals surface area contributed by atoms with Gasteiger partial charge in [0.15, 0.2) is 5.78 Å². The first-order chi connectivity index (χ1) is 10.1. The maximum atomic E-state index is 11.3. The van der Waals surface area contributed by atoms with Gasteiger partial charge in [-0.25, -0.2) is 9.97 Å².